The quantitative estimate of drug-likeness (QED) is 0.288. The molecule has 218 valence electrons. The molecule has 4 saturated carbocycles. The zero-order valence-electron chi connectivity index (χ0n) is 25.0. The van der Waals surface area contributed by atoms with E-state index in [9.17, 15) is 15.3 Å². The second kappa shape index (κ2) is 12.1. The van der Waals surface area contributed by atoms with Crippen molar-refractivity contribution in [3.63, 3.8) is 0 Å². The number of unbranched alkanes of at least 4 members (excludes halogenated alkanes) is 1. The summed E-state index contributed by atoms with van der Waals surface area (Å²) in [6.07, 6.45) is 21.6. The van der Waals surface area contributed by atoms with Gasteiger partial charge in [-0.1, -0.05) is 69.7 Å². The van der Waals surface area contributed by atoms with Crippen LogP contribution < -0.4 is 0 Å². The fourth-order valence-corrected chi connectivity index (χ4v) is 8.29. The van der Waals surface area contributed by atoms with Crippen molar-refractivity contribution in [1.29, 1.82) is 0 Å². The largest absolute Gasteiger partial charge is 0.393 e. The maximum Gasteiger partial charge on any atom is 0.0832 e. The molecular weight excluding hydrogens is 494 g/mol. The number of hydrogen-bond acceptors (Lipinski definition) is 4. The van der Waals surface area contributed by atoms with Crippen LogP contribution in [0.15, 0.2) is 65.9 Å². The Morgan fingerprint density at radius 3 is 2.62 bits per heavy atom. The summed E-state index contributed by atoms with van der Waals surface area (Å²) in [5.74, 6) is 1.57. The highest BCUT2D eigenvalue weighted by molar-refractivity contribution is 5.39. The number of aromatic nitrogens is 1. The first kappa shape index (κ1) is 29.5. The minimum atomic E-state index is -0.639. The number of rotatable bonds is 9. The Labute approximate surface area is 242 Å². The molecule has 0 aliphatic heterocycles. The Kier molecular flexibility index (Phi) is 8.90. The highest BCUT2D eigenvalue weighted by Crippen LogP contribution is 2.60. The van der Waals surface area contributed by atoms with Crippen molar-refractivity contribution in [3.05, 3.63) is 77.2 Å². The Hall–Kier alpha value is -2.01. The van der Waals surface area contributed by atoms with E-state index < -0.39 is 18.3 Å². The highest BCUT2D eigenvalue weighted by atomic mass is 16.3. The molecule has 40 heavy (non-hydrogen) atoms. The van der Waals surface area contributed by atoms with Crippen molar-refractivity contribution in [2.24, 2.45) is 23.2 Å². The molecule has 4 heteroatoms. The summed E-state index contributed by atoms with van der Waals surface area (Å²) in [7, 11) is 0. The first-order valence-electron chi connectivity index (χ1n) is 15.9. The van der Waals surface area contributed by atoms with E-state index in [-0.39, 0.29) is 10.8 Å². The van der Waals surface area contributed by atoms with Gasteiger partial charge in [-0.25, -0.2) is 0 Å². The van der Waals surface area contributed by atoms with Crippen LogP contribution in [-0.4, -0.2) is 38.6 Å². The van der Waals surface area contributed by atoms with Crippen LogP contribution in [0.1, 0.15) is 103 Å². The number of nitrogens with zero attached hydrogens (tertiary/aromatic N) is 1. The van der Waals surface area contributed by atoms with Gasteiger partial charge in [0.1, 0.15) is 0 Å². The van der Waals surface area contributed by atoms with Crippen LogP contribution >= 0.6 is 0 Å². The van der Waals surface area contributed by atoms with Gasteiger partial charge in [0.25, 0.3) is 0 Å². The number of pyridine rings is 1. The fraction of sp³-hybridized carbons (Fsp3) is 0.639. The molecular formula is C36H51NO3. The Bertz CT molecular complexity index is 1140. The van der Waals surface area contributed by atoms with E-state index in [2.05, 4.69) is 63.8 Å². The first-order chi connectivity index (χ1) is 19.2. The van der Waals surface area contributed by atoms with E-state index in [0.717, 1.165) is 42.5 Å². The van der Waals surface area contributed by atoms with Gasteiger partial charge in [-0.2, -0.15) is 0 Å². The van der Waals surface area contributed by atoms with E-state index in [1.54, 1.807) is 0 Å². The Morgan fingerprint density at radius 2 is 1.93 bits per heavy atom. The van der Waals surface area contributed by atoms with Crippen molar-refractivity contribution in [3.8, 4) is 0 Å². The van der Waals surface area contributed by atoms with E-state index in [0.29, 0.717) is 30.6 Å². The fourth-order valence-electron chi connectivity index (χ4n) is 8.29. The molecule has 4 fully saturated rings. The summed E-state index contributed by atoms with van der Waals surface area (Å²) in [4.78, 5) is 4.79. The lowest BCUT2D eigenvalue weighted by Gasteiger charge is -2.44. The second-order valence-electron chi connectivity index (χ2n) is 13.7. The Balaban J connectivity index is 1.25. The molecule has 0 aromatic carbocycles. The zero-order valence-corrected chi connectivity index (χ0v) is 25.0. The van der Waals surface area contributed by atoms with Gasteiger partial charge in [-0.15, -0.1) is 0 Å². The molecule has 5 rings (SSSR count). The first-order valence-corrected chi connectivity index (χ1v) is 15.9. The number of fused-ring (bicyclic) bond motifs is 1. The molecule has 4 nitrogen and oxygen atoms in total. The van der Waals surface area contributed by atoms with Crippen LogP contribution in [0.5, 0.6) is 0 Å². The third kappa shape index (κ3) is 5.82. The molecule has 4 aliphatic rings. The van der Waals surface area contributed by atoms with Crippen LogP contribution in [0.25, 0.3) is 0 Å². The van der Waals surface area contributed by atoms with Gasteiger partial charge in [-0.3, -0.25) is 4.98 Å². The molecule has 0 amide bonds. The molecule has 0 radical (unpaired) electrons. The maximum absolute atomic E-state index is 11.3. The maximum atomic E-state index is 11.3. The lowest BCUT2D eigenvalue weighted by atomic mass is 9.61. The minimum Gasteiger partial charge on any atom is -0.393 e. The molecule has 1 heterocycles. The molecule has 1 aromatic rings. The summed E-state index contributed by atoms with van der Waals surface area (Å²) in [5.41, 5.74) is 5.66. The molecule has 0 spiro atoms. The summed E-state index contributed by atoms with van der Waals surface area (Å²) in [6.45, 7) is 11.1. The van der Waals surface area contributed by atoms with Gasteiger partial charge in [0.15, 0.2) is 0 Å². The van der Waals surface area contributed by atoms with Crippen molar-refractivity contribution >= 4 is 0 Å². The summed E-state index contributed by atoms with van der Waals surface area (Å²) < 4.78 is 0. The van der Waals surface area contributed by atoms with Crippen molar-refractivity contribution in [2.75, 3.05) is 0 Å². The van der Waals surface area contributed by atoms with Crippen LogP contribution in [0, 0.1) is 23.2 Å². The van der Waals surface area contributed by atoms with Crippen molar-refractivity contribution < 1.29 is 15.3 Å². The minimum absolute atomic E-state index is 0.208. The molecule has 3 N–H and O–H groups in total. The second-order valence-corrected chi connectivity index (χ2v) is 13.7. The average molecular weight is 546 g/mol. The molecule has 1 aromatic heterocycles. The van der Waals surface area contributed by atoms with Crippen LogP contribution in [0.3, 0.4) is 0 Å². The zero-order chi connectivity index (χ0) is 28.5. The van der Waals surface area contributed by atoms with Crippen molar-refractivity contribution in [2.45, 2.75) is 122 Å². The number of hydrogen-bond donors (Lipinski definition) is 3. The van der Waals surface area contributed by atoms with E-state index >= 15 is 0 Å². The molecule has 0 bridgehead atoms. The van der Waals surface area contributed by atoms with Gasteiger partial charge in [0.2, 0.25) is 0 Å². The standard InChI is InChI=1S/C36H51NO3/c1-5-6-8-26-11-16-33(37-23-26)36(19-20-36)34(40)17-10-24(2)30-14-15-31-27(9-7-18-35(30,31)4)12-13-28-21-29(38)22-32(39)25(28)3/h10-13,16-17,23-24,29-32,34,38-40H,3,5-9,14-15,18-22H2,1-2,4H3/t24-,29-,30-,31+,32+,34+,35-/m1/s1. The molecule has 4 aliphatic carbocycles. The summed E-state index contributed by atoms with van der Waals surface area (Å²) in [6, 6.07) is 4.35. The van der Waals surface area contributed by atoms with E-state index in [4.69, 9.17) is 4.98 Å². The summed E-state index contributed by atoms with van der Waals surface area (Å²) in [5, 5.41) is 31.7. The third-order valence-corrected chi connectivity index (χ3v) is 11.0. The smallest absolute Gasteiger partial charge is 0.0832 e. The van der Waals surface area contributed by atoms with Gasteiger partial charge in [0, 0.05) is 23.7 Å². The average Bonchev–Trinajstić information content (AvgIpc) is 3.67. The lowest BCUT2D eigenvalue weighted by Crippen LogP contribution is -2.35. The SMILES string of the molecule is C=C1C(=CC=C2CCC[C@]3(C)[C@@H]([C@H](C)C=C[C@H](O)C4(c5ccc(CCCC)cn5)CC4)CC[C@@H]23)C[C@@H](O)C[C@@H]1O. The van der Waals surface area contributed by atoms with Crippen LogP contribution in [-0.2, 0) is 11.8 Å². The number of aliphatic hydroxyl groups excluding tert-OH is 3. The topological polar surface area (TPSA) is 73.6 Å². The number of aliphatic hydroxyl groups is 3. The van der Waals surface area contributed by atoms with E-state index in [1.165, 1.54) is 49.7 Å². The predicted octanol–water partition coefficient (Wildman–Crippen LogP) is 7.15. The Morgan fingerprint density at radius 1 is 1.12 bits per heavy atom. The van der Waals surface area contributed by atoms with Gasteiger partial charge >= 0.3 is 0 Å². The van der Waals surface area contributed by atoms with Crippen LogP contribution in [0.4, 0.5) is 0 Å². The van der Waals surface area contributed by atoms with Gasteiger partial charge in [-0.05, 0) is 110 Å². The van der Waals surface area contributed by atoms with Crippen LogP contribution in [0.2, 0.25) is 0 Å². The third-order valence-electron chi connectivity index (χ3n) is 11.0. The molecule has 0 unspecified atom stereocenters. The summed E-state index contributed by atoms with van der Waals surface area (Å²) >= 11 is 0. The molecule has 0 saturated heterocycles. The molecule has 7 atom stereocenters. The van der Waals surface area contributed by atoms with E-state index in [1.807, 2.05) is 6.20 Å². The highest BCUT2D eigenvalue weighted by Gasteiger charge is 2.52. The lowest BCUT2D eigenvalue weighted by molar-refractivity contribution is 0.0862. The monoisotopic (exact) mass is 545 g/mol. The van der Waals surface area contributed by atoms with Crippen molar-refractivity contribution in [1.82, 2.24) is 4.98 Å². The predicted molar refractivity (Wildman–Crippen MR) is 163 cm³/mol. The van der Waals surface area contributed by atoms with Gasteiger partial charge < -0.3 is 15.3 Å². The van der Waals surface area contributed by atoms with Gasteiger partial charge in [0.05, 0.1) is 18.3 Å². The normalized spacial score (nSPS) is 35.3. The number of allylic oxidation sites excluding steroid dienone is 4. The number of aryl methyl sites for hydroxylation is 1.